The van der Waals surface area contributed by atoms with Crippen molar-refractivity contribution < 1.29 is 9.53 Å². The van der Waals surface area contributed by atoms with Crippen LogP contribution in [0.3, 0.4) is 0 Å². The van der Waals surface area contributed by atoms with E-state index in [0.717, 1.165) is 31.7 Å². The van der Waals surface area contributed by atoms with Crippen LogP contribution in [0, 0.1) is 17.8 Å². The van der Waals surface area contributed by atoms with Gasteiger partial charge in [0.05, 0.1) is 6.61 Å². The van der Waals surface area contributed by atoms with Gasteiger partial charge >= 0.3 is 5.97 Å². The first kappa shape index (κ1) is 15.8. The van der Waals surface area contributed by atoms with Crippen molar-refractivity contribution in [1.29, 1.82) is 0 Å². The van der Waals surface area contributed by atoms with Crippen molar-refractivity contribution in [3.8, 4) is 0 Å². The van der Waals surface area contributed by atoms with Crippen LogP contribution < -0.4 is 5.32 Å². The Hall–Kier alpha value is -0.570. The molecule has 2 atom stereocenters. The van der Waals surface area contributed by atoms with Gasteiger partial charge in [0.15, 0.2) is 0 Å². The highest BCUT2D eigenvalue weighted by atomic mass is 16.5. The molecule has 0 radical (unpaired) electrons. The number of carbonyl (C=O) groups is 1. The van der Waals surface area contributed by atoms with Crippen LogP contribution >= 0.6 is 0 Å². The average Bonchev–Trinajstić information content (AvgIpc) is 3.20. The smallest absolute Gasteiger partial charge is 0.326 e. The topological polar surface area (TPSA) is 38.3 Å². The predicted octanol–water partition coefficient (Wildman–Crippen LogP) is 3.52. The van der Waals surface area contributed by atoms with Crippen molar-refractivity contribution in [3.05, 3.63) is 0 Å². The maximum Gasteiger partial charge on any atom is 0.326 e. The number of esters is 1. The second kappa shape index (κ2) is 6.93. The van der Waals surface area contributed by atoms with Crippen LogP contribution in [0.5, 0.6) is 0 Å². The van der Waals surface area contributed by atoms with Crippen molar-refractivity contribution in [2.75, 3.05) is 13.2 Å². The van der Waals surface area contributed by atoms with Crippen LogP contribution in [-0.4, -0.2) is 24.7 Å². The van der Waals surface area contributed by atoms with Gasteiger partial charge in [-0.2, -0.15) is 0 Å². The highest BCUT2D eigenvalue weighted by molar-refractivity contribution is 5.81. The lowest BCUT2D eigenvalue weighted by atomic mass is 9.73. The Morgan fingerprint density at radius 2 is 2.05 bits per heavy atom. The number of ether oxygens (including phenoxy) is 1. The fraction of sp³-hybridized carbons (Fsp3) is 0.941. The Bertz CT molecular complexity index is 325. The summed E-state index contributed by atoms with van der Waals surface area (Å²) in [4.78, 5) is 12.5. The summed E-state index contributed by atoms with van der Waals surface area (Å²) in [6, 6.07) is 0. The molecule has 2 unspecified atom stereocenters. The molecule has 2 rings (SSSR count). The summed E-state index contributed by atoms with van der Waals surface area (Å²) in [6.07, 6.45) is 8.21. The van der Waals surface area contributed by atoms with Gasteiger partial charge in [-0.1, -0.05) is 26.7 Å². The predicted molar refractivity (Wildman–Crippen MR) is 81.5 cm³/mol. The van der Waals surface area contributed by atoms with Crippen LogP contribution in [0.15, 0.2) is 0 Å². The molecule has 2 fully saturated rings. The monoisotopic (exact) mass is 281 g/mol. The second-order valence-electron chi connectivity index (χ2n) is 7.22. The molecule has 1 N–H and O–H groups in total. The lowest BCUT2D eigenvalue weighted by Crippen LogP contribution is -2.56. The van der Waals surface area contributed by atoms with Gasteiger partial charge in [-0.25, -0.2) is 0 Å². The van der Waals surface area contributed by atoms with Crippen LogP contribution in [-0.2, 0) is 9.53 Å². The Kier molecular flexibility index (Phi) is 5.48. The van der Waals surface area contributed by atoms with Gasteiger partial charge in [0.1, 0.15) is 5.54 Å². The Labute approximate surface area is 123 Å². The summed E-state index contributed by atoms with van der Waals surface area (Å²) >= 11 is 0. The standard InChI is InChI=1S/C17H31NO2/c1-4-20-16(19)17(18-12-14-7-8-14)9-5-6-15(11-17)10-13(2)3/h13-15,18H,4-12H2,1-3H3. The maximum atomic E-state index is 12.5. The zero-order valence-electron chi connectivity index (χ0n) is 13.4. The van der Waals surface area contributed by atoms with E-state index < -0.39 is 5.54 Å². The first-order valence-corrected chi connectivity index (χ1v) is 8.48. The summed E-state index contributed by atoms with van der Waals surface area (Å²) < 4.78 is 5.39. The molecule has 0 amide bonds. The molecule has 0 bridgehead atoms. The molecule has 0 aliphatic heterocycles. The van der Waals surface area contributed by atoms with Crippen molar-refractivity contribution in [3.63, 3.8) is 0 Å². The Morgan fingerprint density at radius 3 is 2.65 bits per heavy atom. The highest BCUT2D eigenvalue weighted by Gasteiger charge is 2.44. The van der Waals surface area contributed by atoms with Crippen LogP contribution in [0.4, 0.5) is 0 Å². The molecule has 2 aliphatic rings. The zero-order chi connectivity index (χ0) is 14.6. The van der Waals surface area contributed by atoms with E-state index in [1.54, 1.807) is 0 Å². The maximum absolute atomic E-state index is 12.5. The van der Waals surface area contributed by atoms with Gasteiger partial charge in [-0.05, 0) is 63.3 Å². The minimum absolute atomic E-state index is 0.00546. The van der Waals surface area contributed by atoms with Crippen molar-refractivity contribution in [2.45, 2.75) is 71.3 Å². The molecule has 0 heterocycles. The van der Waals surface area contributed by atoms with E-state index in [-0.39, 0.29) is 5.97 Å². The summed E-state index contributed by atoms with van der Waals surface area (Å²) in [5, 5.41) is 3.61. The SMILES string of the molecule is CCOC(=O)C1(NCC2CC2)CCCC(CC(C)C)C1. The average molecular weight is 281 g/mol. The van der Waals surface area contributed by atoms with Crippen molar-refractivity contribution >= 4 is 5.97 Å². The van der Waals surface area contributed by atoms with Gasteiger partial charge in [0, 0.05) is 0 Å². The number of hydrogen-bond donors (Lipinski definition) is 1. The first-order chi connectivity index (χ1) is 9.55. The minimum atomic E-state index is -0.392. The van der Waals surface area contributed by atoms with Crippen molar-refractivity contribution in [2.24, 2.45) is 17.8 Å². The first-order valence-electron chi connectivity index (χ1n) is 8.48. The zero-order valence-corrected chi connectivity index (χ0v) is 13.4. The fourth-order valence-electron chi connectivity index (χ4n) is 3.61. The largest absolute Gasteiger partial charge is 0.465 e. The summed E-state index contributed by atoms with van der Waals surface area (Å²) in [5.41, 5.74) is -0.392. The molecule has 0 saturated heterocycles. The normalized spacial score (nSPS) is 30.5. The van der Waals surface area contributed by atoms with E-state index >= 15 is 0 Å². The van der Waals surface area contributed by atoms with Crippen LogP contribution in [0.1, 0.15) is 65.7 Å². The van der Waals surface area contributed by atoms with Gasteiger partial charge < -0.3 is 10.1 Å². The van der Waals surface area contributed by atoms with E-state index in [1.165, 1.54) is 25.7 Å². The van der Waals surface area contributed by atoms with Gasteiger partial charge in [0.25, 0.3) is 0 Å². The quantitative estimate of drug-likeness (QED) is 0.726. The van der Waals surface area contributed by atoms with E-state index in [9.17, 15) is 4.79 Å². The third-order valence-corrected chi connectivity index (χ3v) is 4.75. The van der Waals surface area contributed by atoms with Crippen LogP contribution in [0.2, 0.25) is 0 Å². The van der Waals surface area contributed by atoms with Gasteiger partial charge in [-0.15, -0.1) is 0 Å². The number of carbonyl (C=O) groups excluding carboxylic acids is 1. The Balaban J connectivity index is 2.01. The molecule has 116 valence electrons. The van der Waals surface area contributed by atoms with E-state index in [4.69, 9.17) is 4.74 Å². The van der Waals surface area contributed by atoms with Gasteiger partial charge in [0.2, 0.25) is 0 Å². The van der Waals surface area contributed by atoms with Crippen LogP contribution in [0.25, 0.3) is 0 Å². The van der Waals surface area contributed by atoms with Crippen molar-refractivity contribution in [1.82, 2.24) is 5.32 Å². The summed E-state index contributed by atoms with van der Waals surface area (Å²) in [5.74, 6) is 2.17. The Morgan fingerprint density at radius 1 is 1.30 bits per heavy atom. The molecule has 0 aromatic rings. The molecule has 2 saturated carbocycles. The number of rotatable bonds is 7. The third kappa shape index (κ3) is 4.21. The molecular weight excluding hydrogens is 250 g/mol. The molecule has 3 heteroatoms. The van der Waals surface area contributed by atoms with E-state index in [0.29, 0.717) is 18.4 Å². The van der Waals surface area contributed by atoms with E-state index in [1.807, 2.05) is 6.92 Å². The molecule has 0 spiro atoms. The minimum Gasteiger partial charge on any atom is -0.465 e. The molecule has 0 aromatic carbocycles. The second-order valence-corrected chi connectivity index (χ2v) is 7.22. The summed E-state index contributed by atoms with van der Waals surface area (Å²) in [7, 11) is 0. The molecule has 0 aromatic heterocycles. The molecule has 2 aliphatic carbocycles. The van der Waals surface area contributed by atoms with E-state index in [2.05, 4.69) is 19.2 Å². The number of hydrogen-bond acceptors (Lipinski definition) is 3. The third-order valence-electron chi connectivity index (χ3n) is 4.75. The fourth-order valence-corrected chi connectivity index (χ4v) is 3.61. The lowest BCUT2D eigenvalue weighted by molar-refractivity contribution is -0.153. The number of nitrogens with one attached hydrogen (secondary N) is 1. The molecule has 20 heavy (non-hydrogen) atoms. The highest BCUT2D eigenvalue weighted by Crippen LogP contribution is 2.38. The van der Waals surface area contributed by atoms with Gasteiger partial charge in [-0.3, -0.25) is 4.79 Å². The summed E-state index contributed by atoms with van der Waals surface area (Å²) in [6.45, 7) is 7.94. The molecule has 3 nitrogen and oxygen atoms in total. The lowest BCUT2D eigenvalue weighted by Gasteiger charge is -2.40. The molecular formula is C17H31NO2.